The minimum atomic E-state index is -0.353. The highest BCUT2D eigenvalue weighted by molar-refractivity contribution is 7.17. The average Bonchev–Trinajstić information content (AvgIpc) is 3.23. The number of nitrogens with zero attached hydrogens (tertiary/aromatic N) is 2. The maximum atomic E-state index is 12.4. The molecule has 0 radical (unpaired) electrons. The molecule has 0 unspecified atom stereocenters. The van der Waals surface area contributed by atoms with Crippen LogP contribution in [0.2, 0.25) is 0 Å². The van der Waals surface area contributed by atoms with E-state index in [9.17, 15) is 9.59 Å². The van der Waals surface area contributed by atoms with Crippen molar-refractivity contribution in [2.45, 2.75) is 39.7 Å². The second-order valence-corrected chi connectivity index (χ2v) is 7.54. The maximum absolute atomic E-state index is 12.4. The van der Waals surface area contributed by atoms with Crippen LogP contribution in [-0.2, 0) is 28.9 Å². The van der Waals surface area contributed by atoms with Gasteiger partial charge in [0.1, 0.15) is 10.8 Å². The van der Waals surface area contributed by atoms with Crippen LogP contribution in [0, 0.1) is 6.92 Å². The van der Waals surface area contributed by atoms with Crippen LogP contribution in [-0.4, -0.2) is 42.1 Å². The molecule has 7 nitrogen and oxygen atoms in total. The molecule has 0 aromatic carbocycles. The molecule has 3 rings (SSSR count). The Balaban J connectivity index is 1.66. The molecular weight excluding hydrogens is 354 g/mol. The summed E-state index contributed by atoms with van der Waals surface area (Å²) in [6.45, 7) is 4.63. The number of aryl methyl sites for hydroxylation is 2. The van der Waals surface area contributed by atoms with Crippen molar-refractivity contribution < 1.29 is 18.8 Å². The lowest BCUT2D eigenvalue weighted by Crippen LogP contribution is -2.30. The first-order valence-corrected chi connectivity index (χ1v) is 9.51. The Hall–Kier alpha value is -2.19. The van der Waals surface area contributed by atoms with Crippen molar-refractivity contribution in [1.29, 1.82) is 0 Å². The number of hydrogen-bond donors (Lipinski definition) is 1. The van der Waals surface area contributed by atoms with E-state index in [1.807, 2.05) is 24.9 Å². The third kappa shape index (κ3) is 4.13. The molecule has 2 heterocycles. The Morgan fingerprint density at radius 1 is 1.42 bits per heavy atom. The fourth-order valence-electron chi connectivity index (χ4n) is 3.15. The summed E-state index contributed by atoms with van der Waals surface area (Å²) in [7, 11) is 1.84. The quantitative estimate of drug-likeness (QED) is 0.747. The van der Waals surface area contributed by atoms with Gasteiger partial charge in [0.2, 0.25) is 5.91 Å². The first kappa shape index (κ1) is 18.6. The molecule has 0 atom stereocenters. The molecule has 1 aliphatic rings. The first-order chi connectivity index (χ1) is 12.5. The monoisotopic (exact) mass is 377 g/mol. The van der Waals surface area contributed by atoms with Gasteiger partial charge in [-0.1, -0.05) is 5.16 Å². The van der Waals surface area contributed by atoms with E-state index in [2.05, 4.69) is 10.5 Å². The van der Waals surface area contributed by atoms with Crippen molar-refractivity contribution in [3.05, 3.63) is 33.5 Å². The van der Waals surface area contributed by atoms with Gasteiger partial charge in [0.05, 0.1) is 24.4 Å². The smallest absolute Gasteiger partial charge is 0.341 e. The van der Waals surface area contributed by atoms with Gasteiger partial charge in [0.25, 0.3) is 0 Å². The second kappa shape index (κ2) is 8.01. The molecule has 0 fully saturated rings. The number of thiophene rings is 1. The number of ether oxygens (including phenoxy) is 1. The number of anilines is 1. The molecule has 0 spiro atoms. The number of carbonyl (C=O) groups excluding carboxylic acids is 2. The summed E-state index contributed by atoms with van der Waals surface area (Å²) in [4.78, 5) is 27.8. The van der Waals surface area contributed by atoms with Crippen molar-refractivity contribution in [1.82, 2.24) is 10.1 Å². The number of carbonyl (C=O) groups is 2. The van der Waals surface area contributed by atoms with Crippen LogP contribution < -0.4 is 5.32 Å². The lowest BCUT2D eigenvalue weighted by atomic mass is 10.1. The molecule has 1 N–H and O–H groups in total. The molecule has 26 heavy (non-hydrogen) atoms. The van der Waals surface area contributed by atoms with Crippen molar-refractivity contribution in [3.63, 3.8) is 0 Å². The van der Waals surface area contributed by atoms with Crippen molar-refractivity contribution in [3.8, 4) is 0 Å². The SMILES string of the molecule is CCOC(=O)c1c(NC(=O)CN(C)Cc2cc(C)on2)sc2c1CCC2. The van der Waals surface area contributed by atoms with Gasteiger partial charge in [-0.2, -0.15) is 0 Å². The van der Waals surface area contributed by atoms with Crippen LogP contribution in [0.25, 0.3) is 0 Å². The molecular formula is C18H23N3O4S. The predicted molar refractivity (Wildman–Crippen MR) is 98.5 cm³/mol. The Morgan fingerprint density at radius 2 is 2.23 bits per heavy atom. The molecule has 0 saturated heterocycles. The molecule has 0 aliphatic heterocycles. The van der Waals surface area contributed by atoms with Gasteiger partial charge in [0, 0.05) is 17.5 Å². The predicted octanol–water partition coefficient (Wildman–Crippen LogP) is 2.78. The second-order valence-electron chi connectivity index (χ2n) is 6.43. The molecule has 140 valence electrons. The van der Waals surface area contributed by atoms with Crippen molar-refractivity contribution in [2.75, 3.05) is 25.5 Å². The molecule has 1 aliphatic carbocycles. The van der Waals surface area contributed by atoms with Crippen LogP contribution >= 0.6 is 11.3 Å². The number of esters is 1. The standard InChI is InChI=1S/C18H23N3O4S/c1-4-24-18(23)16-13-6-5-7-14(13)26-17(16)19-15(22)10-21(3)9-12-8-11(2)25-20-12/h8H,4-7,9-10H2,1-3H3,(H,19,22). The third-order valence-corrected chi connectivity index (χ3v) is 5.38. The summed E-state index contributed by atoms with van der Waals surface area (Å²) in [5.41, 5.74) is 2.35. The maximum Gasteiger partial charge on any atom is 0.341 e. The zero-order chi connectivity index (χ0) is 18.7. The molecule has 0 saturated carbocycles. The van der Waals surface area contributed by atoms with Gasteiger partial charge in [-0.25, -0.2) is 4.79 Å². The van der Waals surface area contributed by atoms with Gasteiger partial charge in [0.15, 0.2) is 0 Å². The van der Waals surface area contributed by atoms with Crippen LogP contribution in [0.15, 0.2) is 10.6 Å². The number of nitrogens with one attached hydrogen (secondary N) is 1. The van der Waals surface area contributed by atoms with Crippen molar-refractivity contribution >= 4 is 28.2 Å². The van der Waals surface area contributed by atoms with Gasteiger partial charge >= 0.3 is 5.97 Å². The van der Waals surface area contributed by atoms with E-state index < -0.39 is 0 Å². The summed E-state index contributed by atoms with van der Waals surface area (Å²) in [6.07, 6.45) is 2.86. The normalized spacial score (nSPS) is 13.1. The molecule has 1 amide bonds. The molecule has 0 bridgehead atoms. The highest BCUT2D eigenvalue weighted by atomic mass is 32.1. The fraction of sp³-hybridized carbons (Fsp3) is 0.500. The highest BCUT2D eigenvalue weighted by Gasteiger charge is 2.28. The zero-order valence-electron chi connectivity index (χ0n) is 15.3. The summed E-state index contributed by atoms with van der Waals surface area (Å²) < 4.78 is 10.2. The highest BCUT2D eigenvalue weighted by Crippen LogP contribution is 2.39. The van der Waals surface area contributed by atoms with E-state index in [0.717, 1.165) is 36.3 Å². The van der Waals surface area contributed by atoms with E-state index in [1.54, 1.807) is 6.92 Å². The average molecular weight is 377 g/mol. The topological polar surface area (TPSA) is 84.7 Å². The van der Waals surface area contributed by atoms with Crippen molar-refractivity contribution in [2.24, 2.45) is 0 Å². The van der Waals surface area contributed by atoms with Gasteiger partial charge in [-0.15, -0.1) is 11.3 Å². The largest absolute Gasteiger partial charge is 0.462 e. The van der Waals surface area contributed by atoms with Crippen LogP contribution in [0.4, 0.5) is 5.00 Å². The van der Waals surface area contributed by atoms with Gasteiger partial charge in [-0.05, 0) is 45.7 Å². The Kier molecular flexibility index (Phi) is 5.73. The van der Waals surface area contributed by atoms with Crippen LogP contribution in [0.3, 0.4) is 0 Å². The van der Waals surface area contributed by atoms with E-state index in [4.69, 9.17) is 9.26 Å². The summed E-state index contributed by atoms with van der Waals surface area (Å²) in [5.74, 6) is 0.219. The first-order valence-electron chi connectivity index (χ1n) is 8.70. The minimum Gasteiger partial charge on any atom is -0.462 e. The molecule has 2 aromatic rings. The Bertz CT molecular complexity index is 811. The number of hydrogen-bond acceptors (Lipinski definition) is 7. The summed E-state index contributed by atoms with van der Waals surface area (Å²) >= 11 is 1.49. The lowest BCUT2D eigenvalue weighted by molar-refractivity contribution is -0.117. The van der Waals surface area contributed by atoms with E-state index in [0.29, 0.717) is 23.7 Å². The minimum absolute atomic E-state index is 0.168. The number of amides is 1. The Labute approximate surface area is 156 Å². The fourth-order valence-corrected chi connectivity index (χ4v) is 4.44. The number of fused-ring (bicyclic) bond motifs is 1. The van der Waals surface area contributed by atoms with Gasteiger partial charge in [-0.3, -0.25) is 9.69 Å². The summed E-state index contributed by atoms with van der Waals surface area (Å²) in [5, 5.41) is 7.43. The molecule has 2 aromatic heterocycles. The third-order valence-electron chi connectivity index (χ3n) is 4.18. The Morgan fingerprint density at radius 3 is 2.92 bits per heavy atom. The number of likely N-dealkylation sites (N-methyl/N-ethyl adjacent to an activating group) is 1. The zero-order valence-corrected chi connectivity index (χ0v) is 16.1. The van der Waals surface area contributed by atoms with E-state index in [1.165, 1.54) is 16.2 Å². The van der Waals surface area contributed by atoms with Crippen LogP contribution in [0.1, 0.15) is 45.6 Å². The van der Waals surface area contributed by atoms with E-state index >= 15 is 0 Å². The molecule has 8 heteroatoms. The lowest BCUT2D eigenvalue weighted by Gasteiger charge is -2.14. The van der Waals surface area contributed by atoms with Gasteiger partial charge < -0.3 is 14.6 Å². The number of rotatable bonds is 7. The van der Waals surface area contributed by atoms with Crippen LogP contribution in [0.5, 0.6) is 0 Å². The number of aromatic nitrogens is 1. The van der Waals surface area contributed by atoms with E-state index in [-0.39, 0.29) is 18.4 Å². The summed E-state index contributed by atoms with van der Waals surface area (Å²) in [6, 6.07) is 1.84.